The second-order valence-electron chi connectivity index (χ2n) is 8.86. The molecule has 1 aliphatic heterocycles. The summed E-state index contributed by atoms with van der Waals surface area (Å²) in [7, 11) is 0. The van der Waals surface area contributed by atoms with Crippen molar-refractivity contribution in [3.8, 4) is 11.5 Å². The molecule has 0 saturated carbocycles. The lowest BCUT2D eigenvalue weighted by atomic mass is 9.96. The second-order valence-corrected chi connectivity index (χ2v) is 8.86. The van der Waals surface area contributed by atoms with Crippen LogP contribution < -0.4 is 15.4 Å². The quantitative estimate of drug-likeness (QED) is 0.294. The fourth-order valence-corrected chi connectivity index (χ4v) is 4.30. The number of likely N-dealkylation sites (tertiary alicyclic amines) is 1. The van der Waals surface area contributed by atoms with E-state index in [1.54, 1.807) is 24.4 Å². The van der Waals surface area contributed by atoms with Crippen molar-refractivity contribution in [2.45, 2.75) is 37.7 Å². The summed E-state index contributed by atoms with van der Waals surface area (Å²) >= 11 is 0. The number of aromatic nitrogens is 1. The first-order valence-corrected chi connectivity index (χ1v) is 11.9. The van der Waals surface area contributed by atoms with Gasteiger partial charge in [0.15, 0.2) is 11.5 Å². The van der Waals surface area contributed by atoms with Gasteiger partial charge >= 0.3 is 6.09 Å². The van der Waals surface area contributed by atoms with Gasteiger partial charge in [0.2, 0.25) is 5.91 Å². The number of pyridine rings is 1. The maximum absolute atomic E-state index is 13.4. The van der Waals surface area contributed by atoms with Crippen molar-refractivity contribution in [3.63, 3.8) is 0 Å². The highest BCUT2D eigenvalue weighted by molar-refractivity contribution is 5.90. The molecular weight excluding hydrogens is 483 g/mol. The summed E-state index contributed by atoms with van der Waals surface area (Å²) in [5.74, 6) is -0.359. The average Bonchev–Trinajstić information content (AvgIpc) is 2.91. The van der Waals surface area contributed by atoms with Gasteiger partial charge in [0.1, 0.15) is 18.8 Å². The number of amides is 2. The molecule has 0 bridgehead atoms. The normalized spacial score (nSPS) is 18.3. The average molecular weight is 513 g/mol. The van der Waals surface area contributed by atoms with E-state index < -0.39 is 37.4 Å². The molecule has 1 fully saturated rings. The minimum Gasteiger partial charge on any atom is -0.504 e. The number of fused-ring (bicyclic) bond motifs is 1. The van der Waals surface area contributed by atoms with E-state index in [-0.39, 0.29) is 24.8 Å². The Labute approximate surface area is 212 Å². The van der Waals surface area contributed by atoms with Crippen LogP contribution in [-0.2, 0) is 11.4 Å². The molecule has 1 aliphatic rings. The monoisotopic (exact) mass is 512 g/mol. The van der Waals surface area contributed by atoms with E-state index in [1.807, 2.05) is 30.3 Å². The summed E-state index contributed by atoms with van der Waals surface area (Å²) < 4.78 is 19.2. The van der Waals surface area contributed by atoms with Crippen LogP contribution in [0.4, 0.5) is 14.9 Å². The van der Waals surface area contributed by atoms with Gasteiger partial charge in [-0.05, 0) is 36.6 Å². The van der Waals surface area contributed by atoms with E-state index >= 15 is 0 Å². The van der Waals surface area contributed by atoms with Crippen molar-refractivity contribution in [2.24, 2.45) is 0 Å². The van der Waals surface area contributed by atoms with Crippen molar-refractivity contribution < 1.29 is 34.0 Å². The van der Waals surface area contributed by atoms with Gasteiger partial charge < -0.3 is 30.7 Å². The number of carboxylic acid groups (broad SMARTS) is 1. The summed E-state index contributed by atoms with van der Waals surface area (Å²) in [5.41, 5.74) is 2.11. The van der Waals surface area contributed by atoms with Crippen LogP contribution in [0.5, 0.6) is 11.5 Å². The summed E-state index contributed by atoms with van der Waals surface area (Å²) in [5, 5.41) is 35.3. The molecule has 2 heterocycles. The SMILES string of the molecule is O=C(NCC(F)CO)[C@@H]1C[C@@H](Nc2cnc3ccc(OCc4ccccc4)c(O)c3c2)CCN1C(=O)O. The molecule has 2 amide bonds. The third-order valence-corrected chi connectivity index (χ3v) is 6.25. The van der Waals surface area contributed by atoms with Crippen LogP contribution in [0.2, 0.25) is 0 Å². The fraction of sp³-hybridized carbons (Fsp3) is 0.346. The van der Waals surface area contributed by atoms with Gasteiger partial charge in [-0.3, -0.25) is 14.7 Å². The molecule has 1 aromatic heterocycles. The molecule has 0 aliphatic carbocycles. The van der Waals surface area contributed by atoms with E-state index in [9.17, 15) is 24.2 Å². The van der Waals surface area contributed by atoms with E-state index in [4.69, 9.17) is 9.84 Å². The van der Waals surface area contributed by atoms with Gasteiger partial charge in [0.25, 0.3) is 0 Å². The minimum absolute atomic E-state index is 0.0489. The van der Waals surface area contributed by atoms with Gasteiger partial charge in [-0.15, -0.1) is 0 Å². The smallest absolute Gasteiger partial charge is 0.407 e. The van der Waals surface area contributed by atoms with Crippen LogP contribution in [-0.4, -0.2) is 75.2 Å². The molecule has 37 heavy (non-hydrogen) atoms. The summed E-state index contributed by atoms with van der Waals surface area (Å²) in [6.45, 7) is -0.745. The topological polar surface area (TPSA) is 144 Å². The van der Waals surface area contributed by atoms with Crippen molar-refractivity contribution in [1.29, 1.82) is 0 Å². The van der Waals surface area contributed by atoms with Crippen molar-refractivity contribution in [1.82, 2.24) is 15.2 Å². The standard InChI is InChI=1S/C26H29FN4O6/c27-17(14-32)12-29-25(34)22-11-18(8-9-31(22)26(35)36)30-19-10-20-21(28-13-19)6-7-23(24(20)33)37-15-16-4-2-1-3-5-16/h1-7,10,13,17-18,22,30,32-33H,8-9,11-12,14-15H2,(H,29,34)(H,35,36)/t17?,18-,22-/m0/s1. The molecule has 11 heteroatoms. The molecule has 3 atom stereocenters. The number of carbonyl (C=O) groups excluding carboxylic acids is 1. The number of rotatable bonds is 9. The number of nitrogens with one attached hydrogen (secondary N) is 2. The third kappa shape index (κ3) is 6.36. The number of aliphatic hydroxyl groups is 1. The van der Waals surface area contributed by atoms with Gasteiger partial charge in [0.05, 0.1) is 30.6 Å². The van der Waals surface area contributed by atoms with Crippen molar-refractivity contribution in [3.05, 3.63) is 60.3 Å². The number of carbonyl (C=O) groups is 2. The number of piperidine rings is 1. The predicted octanol–water partition coefficient (Wildman–Crippen LogP) is 2.89. The van der Waals surface area contributed by atoms with Gasteiger partial charge in [-0.25, -0.2) is 9.18 Å². The molecule has 0 radical (unpaired) electrons. The Balaban J connectivity index is 1.47. The van der Waals surface area contributed by atoms with Crippen LogP contribution >= 0.6 is 0 Å². The largest absolute Gasteiger partial charge is 0.504 e. The van der Waals surface area contributed by atoms with Gasteiger partial charge in [-0.2, -0.15) is 0 Å². The number of alkyl halides is 1. The summed E-state index contributed by atoms with van der Waals surface area (Å²) in [6.07, 6.45) is -0.684. The molecule has 4 rings (SSSR count). The Bertz CT molecular complexity index is 1240. The molecule has 5 N–H and O–H groups in total. The molecule has 3 aromatic rings. The highest BCUT2D eigenvalue weighted by Crippen LogP contribution is 2.35. The molecule has 10 nitrogen and oxygen atoms in total. The second kappa shape index (κ2) is 11.7. The molecule has 0 spiro atoms. The highest BCUT2D eigenvalue weighted by Gasteiger charge is 2.36. The first-order valence-electron chi connectivity index (χ1n) is 11.9. The first kappa shape index (κ1) is 26.0. The molecule has 1 saturated heterocycles. The number of hydrogen-bond acceptors (Lipinski definition) is 7. The maximum Gasteiger partial charge on any atom is 0.407 e. The first-order chi connectivity index (χ1) is 17.9. The van der Waals surface area contributed by atoms with Gasteiger partial charge in [-0.1, -0.05) is 30.3 Å². The Morgan fingerprint density at radius 3 is 2.73 bits per heavy atom. The maximum atomic E-state index is 13.4. The van der Waals surface area contributed by atoms with Crippen LogP contribution in [0, 0.1) is 0 Å². The Kier molecular flexibility index (Phi) is 8.24. The van der Waals surface area contributed by atoms with E-state index in [1.165, 1.54) is 0 Å². The lowest BCUT2D eigenvalue weighted by Crippen LogP contribution is -2.56. The van der Waals surface area contributed by atoms with Crippen LogP contribution in [0.15, 0.2) is 54.7 Å². The highest BCUT2D eigenvalue weighted by atomic mass is 19.1. The Morgan fingerprint density at radius 2 is 2.00 bits per heavy atom. The Morgan fingerprint density at radius 1 is 1.22 bits per heavy atom. The van der Waals surface area contributed by atoms with Gasteiger partial charge in [0, 0.05) is 18.0 Å². The predicted molar refractivity (Wildman–Crippen MR) is 134 cm³/mol. The number of halogens is 1. The number of aliphatic hydroxyl groups excluding tert-OH is 1. The number of aromatic hydroxyl groups is 1. The zero-order chi connectivity index (χ0) is 26.4. The molecular formula is C26H29FN4O6. The molecule has 1 unspecified atom stereocenters. The van der Waals surface area contributed by atoms with E-state index in [2.05, 4.69) is 15.6 Å². The number of phenols is 1. The lowest BCUT2D eigenvalue weighted by Gasteiger charge is -2.37. The van der Waals surface area contributed by atoms with Crippen molar-refractivity contribution in [2.75, 3.05) is 25.0 Å². The molecule has 196 valence electrons. The van der Waals surface area contributed by atoms with Crippen LogP contribution in [0.1, 0.15) is 18.4 Å². The van der Waals surface area contributed by atoms with Crippen molar-refractivity contribution >= 4 is 28.6 Å². The number of benzene rings is 2. The number of ether oxygens (including phenoxy) is 1. The number of phenolic OH excluding ortho intramolecular Hbond substituents is 1. The van der Waals surface area contributed by atoms with Crippen LogP contribution in [0.25, 0.3) is 10.9 Å². The van der Waals surface area contributed by atoms with Crippen LogP contribution in [0.3, 0.4) is 0 Å². The molecule has 2 aromatic carbocycles. The minimum atomic E-state index is -1.63. The zero-order valence-electron chi connectivity index (χ0n) is 20.0. The number of nitrogens with zero attached hydrogens (tertiary/aromatic N) is 2. The third-order valence-electron chi connectivity index (χ3n) is 6.25. The number of anilines is 1. The Hall–Kier alpha value is -4.12. The van der Waals surface area contributed by atoms with E-state index in [0.717, 1.165) is 10.5 Å². The number of hydrogen-bond donors (Lipinski definition) is 5. The van der Waals surface area contributed by atoms with E-state index in [0.29, 0.717) is 35.4 Å². The summed E-state index contributed by atoms with van der Waals surface area (Å²) in [4.78, 5) is 29.7. The zero-order valence-corrected chi connectivity index (χ0v) is 20.0. The lowest BCUT2D eigenvalue weighted by molar-refractivity contribution is -0.127. The summed E-state index contributed by atoms with van der Waals surface area (Å²) in [6, 6.07) is 13.4. The fourth-order valence-electron chi connectivity index (χ4n) is 4.30.